The molecular weight excluding hydrogens is 421 g/mol. The maximum atomic E-state index is 12.4. The maximum absolute atomic E-state index is 12.4. The summed E-state index contributed by atoms with van der Waals surface area (Å²) in [5, 5.41) is 0. The van der Waals surface area contributed by atoms with Gasteiger partial charge in [0, 0.05) is 7.11 Å². The predicted molar refractivity (Wildman–Crippen MR) is 84.4 cm³/mol. The normalized spacial score (nSPS) is 31.3. The third kappa shape index (κ3) is 3.99. The molecule has 0 aromatic rings. The Hall–Kier alpha value is -2.67. The predicted octanol–water partition coefficient (Wildman–Crippen LogP) is -0.312. The summed E-state index contributed by atoms with van der Waals surface area (Å²) in [5.41, 5.74) is -1.79. The van der Waals surface area contributed by atoms with Gasteiger partial charge in [-0.1, -0.05) is 6.58 Å². The van der Waals surface area contributed by atoms with Crippen LogP contribution in [-0.2, 0) is 47.6 Å². The number of halogens is 3. The second-order valence-electron chi connectivity index (χ2n) is 6.69. The highest BCUT2D eigenvalue weighted by Crippen LogP contribution is 2.51. The number of rotatable bonds is 8. The lowest BCUT2D eigenvalue weighted by Gasteiger charge is -2.27. The molecule has 0 radical (unpaired) electrons. The van der Waals surface area contributed by atoms with Gasteiger partial charge in [0.05, 0.1) is 6.61 Å². The van der Waals surface area contributed by atoms with E-state index in [-0.39, 0.29) is 13.2 Å². The van der Waals surface area contributed by atoms with Crippen molar-refractivity contribution in [1.82, 2.24) is 0 Å². The first-order valence-corrected chi connectivity index (χ1v) is 8.70. The van der Waals surface area contributed by atoms with Crippen LogP contribution in [0.1, 0.15) is 0 Å². The Labute approximate surface area is 167 Å². The van der Waals surface area contributed by atoms with Crippen molar-refractivity contribution in [1.29, 1.82) is 0 Å². The first-order valence-electron chi connectivity index (χ1n) is 8.70. The second kappa shape index (κ2) is 8.22. The van der Waals surface area contributed by atoms with Crippen molar-refractivity contribution < 1.29 is 60.8 Å². The van der Waals surface area contributed by atoms with Gasteiger partial charge in [0.1, 0.15) is 36.2 Å². The number of hydrogen-bond donors (Lipinski definition) is 0. The van der Waals surface area contributed by atoms with Crippen LogP contribution >= 0.6 is 0 Å². The highest BCUT2D eigenvalue weighted by molar-refractivity contribution is 5.90. The minimum absolute atomic E-state index is 0.0715. The minimum atomic E-state index is -5.01. The molecule has 0 aliphatic carbocycles. The van der Waals surface area contributed by atoms with E-state index in [1.54, 1.807) is 0 Å². The van der Waals surface area contributed by atoms with Gasteiger partial charge in [-0.2, -0.15) is 13.2 Å². The van der Waals surface area contributed by atoms with Gasteiger partial charge in [-0.3, -0.25) is 9.59 Å². The molecule has 13 heteroatoms. The average molecular weight is 438 g/mol. The zero-order valence-electron chi connectivity index (χ0n) is 15.5. The van der Waals surface area contributed by atoms with Gasteiger partial charge >= 0.3 is 30.1 Å². The molecule has 6 unspecified atom stereocenters. The molecule has 0 N–H and O–H groups in total. The number of fused-ring (bicyclic) bond motifs is 1. The van der Waals surface area contributed by atoms with E-state index in [1.807, 2.05) is 0 Å². The second-order valence-corrected chi connectivity index (χ2v) is 6.69. The minimum Gasteiger partial charge on any atom is -0.463 e. The van der Waals surface area contributed by atoms with Gasteiger partial charge in [-0.05, 0) is 0 Å². The summed E-state index contributed by atoms with van der Waals surface area (Å²) in [6, 6.07) is 0. The van der Waals surface area contributed by atoms with Crippen molar-refractivity contribution in [3.05, 3.63) is 12.2 Å². The van der Waals surface area contributed by atoms with Gasteiger partial charge in [0.15, 0.2) is 18.8 Å². The summed E-state index contributed by atoms with van der Waals surface area (Å²) in [5.74, 6) is -6.55. The quantitative estimate of drug-likeness (QED) is 0.216. The Bertz CT molecular complexity index is 763. The van der Waals surface area contributed by atoms with Crippen LogP contribution in [0.15, 0.2) is 12.2 Å². The fourth-order valence-electron chi connectivity index (χ4n) is 3.57. The van der Waals surface area contributed by atoms with Gasteiger partial charge in [-0.25, -0.2) is 9.59 Å². The number of hydrogen-bond acceptors (Lipinski definition) is 10. The van der Waals surface area contributed by atoms with E-state index in [9.17, 15) is 32.3 Å². The fourth-order valence-corrected chi connectivity index (χ4v) is 3.57. The molecule has 3 fully saturated rings. The lowest BCUT2D eigenvalue weighted by atomic mass is 9.78. The molecule has 3 aliphatic rings. The van der Waals surface area contributed by atoms with Crippen molar-refractivity contribution in [2.24, 2.45) is 11.8 Å². The highest BCUT2D eigenvalue weighted by Gasteiger charge is 2.72. The van der Waals surface area contributed by atoms with Crippen LogP contribution in [-0.4, -0.2) is 81.4 Å². The Morgan fingerprint density at radius 2 is 1.80 bits per heavy atom. The van der Waals surface area contributed by atoms with Gasteiger partial charge in [0.2, 0.25) is 0 Å². The van der Waals surface area contributed by atoms with Gasteiger partial charge < -0.3 is 28.4 Å². The lowest BCUT2D eigenvalue weighted by molar-refractivity contribution is -0.171. The first kappa shape index (κ1) is 22.0. The number of methoxy groups -OCH3 is 1. The Morgan fingerprint density at radius 1 is 1.10 bits per heavy atom. The molecule has 0 saturated carbocycles. The van der Waals surface area contributed by atoms with Crippen molar-refractivity contribution in [3.8, 4) is 0 Å². The number of alkyl halides is 3. The molecule has 3 rings (SSSR count). The number of carbonyl (C=O) groups is 4. The number of ether oxygens (including phenoxy) is 6. The lowest BCUT2D eigenvalue weighted by Crippen LogP contribution is -2.48. The van der Waals surface area contributed by atoms with Gasteiger partial charge in [-0.15, -0.1) is 0 Å². The molecule has 0 aromatic carbocycles. The standard InChI is InChI=1S/C17H17F3O10/c1-6(17(18,19)20)14(22)27-5-7(21)28-12-10-8(15(23)26-4-3-25-2)9-11(29-10)13(12)30-16(9)24/h8-13H,1,3-5H2,2H3. The van der Waals surface area contributed by atoms with Gasteiger partial charge in [0.25, 0.3) is 0 Å². The molecular formula is C17H17F3O10. The molecule has 0 amide bonds. The van der Waals surface area contributed by atoms with E-state index < -0.39 is 78.5 Å². The number of esters is 4. The van der Waals surface area contributed by atoms with Crippen LogP contribution in [0, 0.1) is 11.8 Å². The summed E-state index contributed by atoms with van der Waals surface area (Å²) >= 11 is 0. The van der Waals surface area contributed by atoms with Crippen molar-refractivity contribution >= 4 is 23.9 Å². The third-order valence-electron chi connectivity index (χ3n) is 4.89. The van der Waals surface area contributed by atoms with E-state index >= 15 is 0 Å². The molecule has 3 aliphatic heterocycles. The highest BCUT2D eigenvalue weighted by atomic mass is 19.4. The molecule has 166 valence electrons. The van der Waals surface area contributed by atoms with Crippen LogP contribution in [0.2, 0.25) is 0 Å². The smallest absolute Gasteiger partial charge is 0.422 e. The van der Waals surface area contributed by atoms with Crippen LogP contribution in [0.5, 0.6) is 0 Å². The average Bonchev–Trinajstić information content (AvgIpc) is 3.28. The monoisotopic (exact) mass is 438 g/mol. The van der Waals surface area contributed by atoms with E-state index in [2.05, 4.69) is 11.3 Å². The molecule has 2 bridgehead atoms. The topological polar surface area (TPSA) is 124 Å². The van der Waals surface area contributed by atoms with Crippen molar-refractivity contribution in [2.45, 2.75) is 30.6 Å². The van der Waals surface area contributed by atoms with E-state index in [0.717, 1.165) is 0 Å². The summed E-state index contributed by atoms with van der Waals surface area (Å²) in [4.78, 5) is 47.7. The molecule has 0 aromatic heterocycles. The van der Waals surface area contributed by atoms with Crippen molar-refractivity contribution in [3.63, 3.8) is 0 Å². The fraction of sp³-hybridized carbons (Fsp3) is 0.647. The molecule has 10 nitrogen and oxygen atoms in total. The molecule has 3 heterocycles. The summed E-state index contributed by atoms with van der Waals surface area (Å²) in [7, 11) is 1.40. The first-order chi connectivity index (χ1) is 14.1. The van der Waals surface area contributed by atoms with E-state index in [1.165, 1.54) is 7.11 Å². The SMILES string of the molecule is C=C(C(=O)OCC(=O)OC1C2OC(=O)C3C2OC1C3C(=O)OCCOC)C(F)(F)F. The zero-order valence-corrected chi connectivity index (χ0v) is 15.5. The van der Waals surface area contributed by atoms with E-state index in [0.29, 0.717) is 0 Å². The molecule has 3 saturated heterocycles. The summed E-state index contributed by atoms with van der Waals surface area (Å²) < 4.78 is 67.0. The Kier molecular flexibility index (Phi) is 6.04. The largest absolute Gasteiger partial charge is 0.463 e. The molecule has 6 atom stereocenters. The van der Waals surface area contributed by atoms with Crippen molar-refractivity contribution in [2.75, 3.05) is 26.9 Å². The summed E-state index contributed by atoms with van der Waals surface area (Å²) in [6.07, 6.45) is -9.11. The molecule has 30 heavy (non-hydrogen) atoms. The zero-order chi connectivity index (χ0) is 22.2. The van der Waals surface area contributed by atoms with Crippen LogP contribution in [0.3, 0.4) is 0 Å². The van der Waals surface area contributed by atoms with Crippen LogP contribution in [0.25, 0.3) is 0 Å². The Morgan fingerprint density at radius 3 is 2.43 bits per heavy atom. The van der Waals surface area contributed by atoms with Crippen LogP contribution in [0.4, 0.5) is 13.2 Å². The number of carbonyl (C=O) groups excluding carboxylic acids is 4. The molecule has 0 spiro atoms. The third-order valence-corrected chi connectivity index (χ3v) is 4.89. The van der Waals surface area contributed by atoms with Crippen LogP contribution < -0.4 is 0 Å². The Balaban J connectivity index is 1.61. The van der Waals surface area contributed by atoms with E-state index in [4.69, 9.17) is 23.7 Å². The maximum Gasteiger partial charge on any atom is 0.422 e. The summed E-state index contributed by atoms with van der Waals surface area (Å²) in [6.45, 7) is 1.46.